The van der Waals surface area contributed by atoms with Crippen molar-refractivity contribution < 1.29 is 18.4 Å². The molecule has 0 atom stereocenters. The van der Waals surface area contributed by atoms with E-state index >= 15 is 0 Å². The number of oxime groups is 1. The van der Waals surface area contributed by atoms with Gasteiger partial charge in [0, 0.05) is 10.5 Å². The first-order chi connectivity index (χ1) is 9.40. The molecule has 0 amide bonds. The van der Waals surface area contributed by atoms with Crippen LogP contribution in [-0.4, -0.2) is 16.8 Å². The van der Waals surface area contributed by atoms with Gasteiger partial charge in [0.05, 0.1) is 5.56 Å². The molecule has 112 valence electrons. The van der Waals surface area contributed by atoms with Gasteiger partial charge in [-0.2, -0.15) is 13.2 Å². The molecule has 0 saturated heterocycles. The summed E-state index contributed by atoms with van der Waals surface area (Å²) in [6, 6.07) is 3.29. The van der Waals surface area contributed by atoms with E-state index in [4.69, 9.17) is 10.9 Å². The third kappa shape index (κ3) is 4.63. The van der Waals surface area contributed by atoms with E-state index in [9.17, 15) is 13.2 Å². The predicted octanol–water partition coefficient (Wildman–Crippen LogP) is 4.08. The molecule has 0 spiro atoms. The van der Waals surface area contributed by atoms with Crippen molar-refractivity contribution in [2.45, 2.75) is 37.3 Å². The Bertz CT molecular complexity index is 475. The van der Waals surface area contributed by atoms with Crippen LogP contribution in [0.3, 0.4) is 0 Å². The van der Waals surface area contributed by atoms with E-state index in [2.05, 4.69) is 12.1 Å². The summed E-state index contributed by atoms with van der Waals surface area (Å²) >= 11 is 1.41. The van der Waals surface area contributed by atoms with Crippen LogP contribution in [0.5, 0.6) is 0 Å². The van der Waals surface area contributed by atoms with Crippen molar-refractivity contribution in [1.82, 2.24) is 0 Å². The van der Waals surface area contributed by atoms with Gasteiger partial charge in [-0.15, -0.1) is 11.8 Å². The minimum atomic E-state index is -4.45. The number of hydrogen-bond acceptors (Lipinski definition) is 3. The number of thioether (sulfide) groups is 1. The maximum Gasteiger partial charge on any atom is 0.416 e. The van der Waals surface area contributed by atoms with Crippen LogP contribution < -0.4 is 5.73 Å². The Morgan fingerprint density at radius 2 is 2.05 bits per heavy atom. The molecular weight excluding hydrogens is 289 g/mol. The van der Waals surface area contributed by atoms with Crippen molar-refractivity contribution in [1.29, 1.82) is 0 Å². The summed E-state index contributed by atoms with van der Waals surface area (Å²) in [6.07, 6.45) is -1.35. The van der Waals surface area contributed by atoms with E-state index in [-0.39, 0.29) is 11.4 Å². The van der Waals surface area contributed by atoms with Crippen molar-refractivity contribution in [3.63, 3.8) is 0 Å². The monoisotopic (exact) mass is 306 g/mol. The quantitative estimate of drug-likeness (QED) is 0.208. The fourth-order valence-electron chi connectivity index (χ4n) is 1.62. The molecule has 1 rings (SSSR count). The topological polar surface area (TPSA) is 58.6 Å². The molecule has 20 heavy (non-hydrogen) atoms. The number of halogens is 3. The van der Waals surface area contributed by atoms with Crippen molar-refractivity contribution in [2.24, 2.45) is 10.9 Å². The molecule has 0 aliphatic rings. The molecule has 1 aromatic rings. The van der Waals surface area contributed by atoms with Crippen molar-refractivity contribution in [2.75, 3.05) is 5.75 Å². The third-order valence-corrected chi connectivity index (χ3v) is 3.86. The van der Waals surface area contributed by atoms with E-state index in [0.29, 0.717) is 4.90 Å². The minimum absolute atomic E-state index is 0.115. The van der Waals surface area contributed by atoms with Crippen LogP contribution in [0.2, 0.25) is 0 Å². The summed E-state index contributed by atoms with van der Waals surface area (Å²) in [5, 5.41) is 11.5. The van der Waals surface area contributed by atoms with Gasteiger partial charge in [0.25, 0.3) is 0 Å². The molecule has 3 nitrogen and oxygen atoms in total. The molecule has 7 heteroatoms. The first-order valence-electron chi connectivity index (χ1n) is 6.22. The lowest BCUT2D eigenvalue weighted by molar-refractivity contribution is -0.137. The first kappa shape index (κ1) is 16.7. The number of amidine groups is 1. The summed E-state index contributed by atoms with van der Waals surface area (Å²) in [4.78, 5) is 0.587. The Morgan fingerprint density at radius 1 is 1.35 bits per heavy atom. The Kier molecular flexibility index (Phi) is 6.19. The zero-order valence-electron chi connectivity index (χ0n) is 11.1. The zero-order valence-corrected chi connectivity index (χ0v) is 11.9. The normalized spacial score (nSPS) is 12.7. The lowest BCUT2D eigenvalue weighted by atomic mass is 10.1. The molecule has 0 aliphatic carbocycles. The fraction of sp³-hybridized carbons (Fsp3) is 0.462. The highest BCUT2D eigenvalue weighted by atomic mass is 32.2. The van der Waals surface area contributed by atoms with Gasteiger partial charge >= 0.3 is 6.18 Å². The van der Waals surface area contributed by atoms with E-state index in [1.165, 1.54) is 17.8 Å². The number of nitrogens with two attached hydrogens (primary N) is 1. The van der Waals surface area contributed by atoms with Crippen LogP contribution in [0.15, 0.2) is 28.3 Å². The van der Waals surface area contributed by atoms with Crippen LogP contribution in [0.1, 0.15) is 37.3 Å². The maximum atomic E-state index is 12.7. The Morgan fingerprint density at radius 3 is 2.60 bits per heavy atom. The molecule has 0 unspecified atom stereocenters. The second-order valence-electron chi connectivity index (χ2n) is 4.25. The maximum absolute atomic E-state index is 12.7. The Hall–Kier alpha value is -1.37. The number of rotatable bonds is 6. The van der Waals surface area contributed by atoms with E-state index in [1.807, 2.05) is 0 Å². The van der Waals surface area contributed by atoms with Crippen molar-refractivity contribution in [3.8, 4) is 0 Å². The van der Waals surface area contributed by atoms with E-state index in [0.717, 1.165) is 37.1 Å². The van der Waals surface area contributed by atoms with Gasteiger partial charge < -0.3 is 10.9 Å². The zero-order chi connectivity index (χ0) is 15.2. The van der Waals surface area contributed by atoms with Crippen LogP contribution >= 0.6 is 11.8 Å². The highest BCUT2D eigenvalue weighted by Gasteiger charge is 2.31. The summed E-state index contributed by atoms with van der Waals surface area (Å²) < 4.78 is 38.0. The van der Waals surface area contributed by atoms with Crippen molar-refractivity contribution >= 4 is 17.6 Å². The van der Waals surface area contributed by atoms with Crippen molar-refractivity contribution in [3.05, 3.63) is 29.3 Å². The largest absolute Gasteiger partial charge is 0.416 e. The van der Waals surface area contributed by atoms with Crippen LogP contribution in [0.4, 0.5) is 13.2 Å². The highest BCUT2D eigenvalue weighted by Crippen LogP contribution is 2.33. The highest BCUT2D eigenvalue weighted by molar-refractivity contribution is 7.99. The summed E-state index contributed by atoms with van der Waals surface area (Å²) in [5.74, 6) is 0.472. The standard InChI is InChI=1S/C13H17F3N2OS/c1-2-3-4-7-20-11-6-5-9(13(14,15)16)8-10(11)12(17)18-19/h5-6,8,19H,2-4,7H2,1H3,(H2,17,18). The molecule has 0 aliphatic heterocycles. The molecular formula is C13H17F3N2OS. The number of benzene rings is 1. The van der Waals surface area contributed by atoms with Gasteiger partial charge in [0.2, 0.25) is 0 Å². The predicted molar refractivity (Wildman–Crippen MR) is 74.2 cm³/mol. The molecule has 0 radical (unpaired) electrons. The molecule has 0 aromatic heterocycles. The second kappa shape index (κ2) is 7.42. The molecule has 0 heterocycles. The van der Waals surface area contributed by atoms with E-state index < -0.39 is 11.7 Å². The molecule has 0 saturated carbocycles. The minimum Gasteiger partial charge on any atom is -0.409 e. The second-order valence-corrected chi connectivity index (χ2v) is 5.39. The molecule has 0 bridgehead atoms. The molecule has 1 aromatic carbocycles. The number of hydrogen-bond donors (Lipinski definition) is 2. The lowest BCUT2D eigenvalue weighted by Gasteiger charge is -2.12. The van der Waals surface area contributed by atoms with Gasteiger partial charge in [-0.1, -0.05) is 24.9 Å². The summed E-state index contributed by atoms with van der Waals surface area (Å²) in [6.45, 7) is 2.07. The third-order valence-electron chi connectivity index (χ3n) is 2.70. The number of nitrogens with zero attached hydrogens (tertiary/aromatic N) is 1. The van der Waals surface area contributed by atoms with Gasteiger partial charge in [0.15, 0.2) is 5.84 Å². The number of unbranched alkanes of at least 4 members (excludes halogenated alkanes) is 2. The van der Waals surface area contributed by atoms with Gasteiger partial charge in [-0.05, 0) is 30.4 Å². The SMILES string of the molecule is CCCCCSc1ccc(C(F)(F)F)cc1/C(N)=N/O. The van der Waals surface area contributed by atoms with Gasteiger partial charge in [-0.3, -0.25) is 0 Å². The molecule has 3 N–H and O–H groups in total. The van der Waals surface area contributed by atoms with Gasteiger partial charge in [-0.25, -0.2) is 0 Å². The molecule has 0 fully saturated rings. The van der Waals surface area contributed by atoms with Crippen LogP contribution in [0.25, 0.3) is 0 Å². The summed E-state index contributed by atoms with van der Waals surface area (Å²) in [5.41, 5.74) is 4.76. The average Bonchev–Trinajstić information content (AvgIpc) is 2.41. The Labute approximate surface area is 120 Å². The van der Waals surface area contributed by atoms with Gasteiger partial charge in [0.1, 0.15) is 0 Å². The van der Waals surface area contributed by atoms with E-state index in [1.54, 1.807) is 0 Å². The first-order valence-corrected chi connectivity index (χ1v) is 7.20. The smallest absolute Gasteiger partial charge is 0.409 e. The van der Waals surface area contributed by atoms with Crippen LogP contribution in [0, 0.1) is 0 Å². The Balaban J connectivity index is 2.99. The van der Waals surface area contributed by atoms with Crippen LogP contribution in [-0.2, 0) is 6.18 Å². The average molecular weight is 306 g/mol. The lowest BCUT2D eigenvalue weighted by Crippen LogP contribution is -2.16. The fourth-order valence-corrected chi connectivity index (χ4v) is 2.67. The summed E-state index contributed by atoms with van der Waals surface area (Å²) in [7, 11) is 0. The number of alkyl halides is 3.